The first-order chi connectivity index (χ1) is 18.0. The van der Waals surface area contributed by atoms with Crippen LogP contribution in [0.3, 0.4) is 0 Å². The van der Waals surface area contributed by atoms with Gasteiger partial charge in [0.2, 0.25) is 17.7 Å². The van der Waals surface area contributed by atoms with Gasteiger partial charge in [0.1, 0.15) is 24.4 Å². The average molecular weight is 529 g/mol. The first-order valence-electron chi connectivity index (χ1n) is 12.5. The molecule has 12 heteroatoms. The third-order valence-electron chi connectivity index (χ3n) is 6.60. The van der Waals surface area contributed by atoms with Gasteiger partial charge in [-0.3, -0.25) is 23.9 Å². The highest BCUT2D eigenvalue weighted by Crippen LogP contribution is 2.19. The Labute approximate surface area is 221 Å². The normalized spacial score (nSPS) is 19.9. The van der Waals surface area contributed by atoms with Crippen molar-refractivity contribution < 1.29 is 29.0 Å². The lowest BCUT2D eigenvalue weighted by molar-refractivity contribution is -0.139. The van der Waals surface area contributed by atoms with Gasteiger partial charge in [0.25, 0.3) is 5.91 Å². The summed E-state index contributed by atoms with van der Waals surface area (Å²) in [5, 5.41) is 22.5. The summed E-state index contributed by atoms with van der Waals surface area (Å²) in [7, 11) is 3.37. The number of nitrogens with one attached hydrogen (secondary N) is 3. The second-order valence-corrected chi connectivity index (χ2v) is 9.43. The summed E-state index contributed by atoms with van der Waals surface area (Å²) in [4.78, 5) is 53.4. The lowest BCUT2D eigenvalue weighted by Crippen LogP contribution is -2.55. The molecular weight excluding hydrogens is 492 g/mol. The predicted octanol–water partition coefficient (Wildman–Crippen LogP) is -0.399. The van der Waals surface area contributed by atoms with Gasteiger partial charge in [0.05, 0.1) is 30.3 Å². The minimum absolute atomic E-state index is 0.0735. The number of benzene rings is 1. The van der Waals surface area contributed by atoms with E-state index in [1.54, 1.807) is 28.9 Å². The van der Waals surface area contributed by atoms with Gasteiger partial charge in [-0.05, 0) is 44.9 Å². The van der Waals surface area contributed by atoms with Gasteiger partial charge < -0.3 is 30.7 Å². The van der Waals surface area contributed by atoms with Crippen LogP contribution in [0.4, 0.5) is 0 Å². The largest absolute Gasteiger partial charge is 0.491 e. The molecule has 0 fully saturated rings. The summed E-state index contributed by atoms with van der Waals surface area (Å²) >= 11 is 0. The van der Waals surface area contributed by atoms with Crippen molar-refractivity contribution in [2.75, 3.05) is 26.7 Å². The molecule has 0 saturated carbocycles. The molecule has 1 aromatic carbocycles. The number of nitrogens with zero attached hydrogens (tertiary/aromatic N) is 3. The molecule has 0 aliphatic carbocycles. The van der Waals surface area contributed by atoms with E-state index in [9.17, 15) is 24.3 Å². The average Bonchev–Trinajstić information content (AvgIpc) is 3.11. The van der Waals surface area contributed by atoms with Crippen molar-refractivity contribution in [1.82, 2.24) is 30.6 Å². The molecule has 2 aromatic rings. The van der Waals surface area contributed by atoms with Crippen LogP contribution in [0.15, 0.2) is 24.3 Å². The predicted molar refractivity (Wildman–Crippen MR) is 138 cm³/mol. The first kappa shape index (κ1) is 28.6. The van der Waals surface area contributed by atoms with Crippen LogP contribution in [0, 0.1) is 13.8 Å². The van der Waals surface area contributed by atoms with E-state index < -0.39 is 48.2 Å². The lowest BCUT2D eigenvalue weighted by Gasteiger charge is -2.28. The van der Waals surface area contributed by atoms with Crippen LogP contribution in [0.2, 0.25) is 0 Å². The van der Waals surface area contributed by atoms with Crippen molar-refractivity contribution in [2.24, 2.45) is 7.05 Å². The number of aryl methyl sites for hydroxylation is 2. The van der Waals surface area contributed by atoms with Crippen LogP contribution < -0.4 is 20.7 Å². The fraction of sp³-hybridized carbons (Fsp3) is 0.500. The number of likely N-dealkylation sites (N-methyl/N-ethyl adjacent to an activating group) is 1. The van der Waals surface area contributed by atoms with E-state index in [4.69, 9.17) is 4.74 Å². The van der Waals surface area contributed by atoms with Crippen molar-refractivity contribution in [3.63, 3.8) is 0 Å². The van der Waals surface area contributed by atoms with Crippen LogP contribution in [0.1, 0.15) is 40.7 Å². The van der Waals surface area contributed by atoms with E-state index >= 15 is 0 Å². The Morgan fingerprint density at radius 1 is 1.21 bits per heavy atom. The SMILES string of the molecule is Cc1nn(C)c(C)c1CCNC(=O)[C@@H]1CC(=O)N[C@@H]([C@@H](C)O)C(=O)N(C)CCOc2ccccc2C(=O)N1. The van der Waals surface area contributed by atoms with E-state index in [0.717, 1.165) is 17.0 Å². The molecule has 4 amide bonds. The number of para-hydroxylation sites is 1. The topological polar surface area (TPSA) is 155 Å². The zero-order chi connectivity index (χ0) is 28.0. The molecule has 0 unspecified atom stereocenters. The number of hydrogen-bond donors (Lipinski definition) is 4. The van der Waals surface area contributed by atoms with Gasteiger partial charge >= 0.3 is 0 Å². The van der Waals surface area contributed by atoms with E-state index in [2.05, 4.69) is 21.0 Å². The summed E-state index contributed by atoms with van der Waals surface area (Å²) in [5.74, 6) is -2.04. The highest BCUT2D eigenvalue weighted by molar-refractivity contribution is 6.01. The second-order valence-electron chi connectivity index (χ2n) is 9.43. The van der Waals surface area contributed by atoms with Crippen LogP contribution >= 0.6 is 0 Å². The molecule has 1 aliphatic rings. The smallest absolute Gasteiger partial charge is 0.255 e. The Morgan fingerprint density at radius 3 is 2.58 bits per heavy atom. The Bertz CT molecular complexity index is 1190. The third kappa shape index (κ3) is 6.88. The Morgan fingerprint density at radius 2 is 1.92 bits per heavy atom. The summed E-state index contributed by atoms with van der Waals surface area (Å²) < 4.78 is 7.53. The minimum atomic E-state index is -1.24. The maximum Gasteiger partial charge on any atom is 0.255 e. The van der Waals surface area contributed by atoms with Crippen molar-refractivity contribution in [3.8, 4) is 5.75 Å². The molecule has 4 N–H and O–H groups in total. The molecule has 3 rings (SSSR count). The maximum absolute atomic E-state index is 13.2. The maximum atomic E-state index is 13.2. The first-order valence-corrected chi connectivity index (χ1v) is 12.5. The zero-order valence-electron chi connectivity index (χ0n) is 22.4. The van der Waals surface area contributed by atoms with Crippen LogP contribution in [-0.2, 0) is 27.9 Å². The molecule has 2 heterocycles. The molecule has 1 aliphatic heterocycles. The van der Waals surface area contributed by atoms with Crippen LogP contribution in [-0.4, -0.2) is 88.3 Å². The number of rotatable bonds is 5. The Kier molecular flexibility index (Phi) is 9.45. The highest BCUT2D eigenvalue weighted by Gasteiger charge is 2.32. The lowest BCUT2D eigenvalue weighted by atomic mass is 10.1. The van der Waals surface area contributed by atoms with E-state index in [0.29, 0.717) is 6.42 Å². The fourth-order valence-corrected chi connectivity index (χ4v) is 4.29. The van der Waals surface area contributed by atoms with Crippen molar-refractivity contribution in [1.29, 1.82) is 0 Å². The molecule has 0 bridgehead atoms. The third-order valence-corrected chi connectivity index (χ3v) is 6.60. The molecule has 38 heavy (non-hydrogen) atoms. The molecule has 12 nitrogen and oxygen atoms in total. The summed E-state index contributed by atoms with van der Waals surface area (Å²) in [6.45, 7) is 5.72. The number of amides is 4. The Hall–Kier alpha value is -3.93. The van der Waals surface area contributed by atoms with Gasteiger partial charge in [-0.2, -0.15) is 5.10 Å². The van der Waals surface area contributed by atoms with Crippen molar-refractivity contribution in [3.05, 3.63) is 46.8 Å². The highest BCUT2D eigenvalue weighted by atomic mass is 16.5. The number of aliphatic hydroxyl groups excluding tert-OH is 1. The van der Waals surface area contributed by atoms with E-state index in [1.807, 2.05) is 20.9 Å². The number of aliphatic hydroxyl groups is 1. The summed E-state index contributed by atoms with van der Waals surface area (Å²) in [6, 6.07) is 4.07. The molecule has 1 aromatic heterocycles. The van der Waals surface area contributed by atoms with Gasteiger partial charge in [0, 0.05) is 26.3 Å². The standard InChI is InChI=1S/C26H36N6O6/c1-15-18(16(2)32(5)30-15)10-11-27-25(36)20-14-22(34)29-23(17(3)33)26(37)31(4)12-13-38-21-9-7-6-8-19(21)24(35)28-20/h6-9,17,20,23,33H,10-14H2,1-5H3,(H,27,36)(H,28,35)(H,29,34)/t17-,20+,23+/m1/s1. The molecule has 3 atom stereocenters. The van der Waals surface area contributed by atoms with Crippen molar-refractivity contribution in [2.45, 2.75) is 51.8 Å². The molecule has 0 radical (unpaired) electrons. The Balaban J connectivity index is 1.83. The summed E-state index contributed by atoms with van der Waals surface area (Å²) in [6.07, 6.45) is -1.10. The van der Waals surface area contributed by atoms with Gasteiger partial charge in [-0.1, -0.05) is 12.1 Å². The van der Waals surface area contributed by atoms with Gasteiger partial charge in [-0.25, -0.2) is 0 Å². The monoisotopic (exact) mass is 528 g/mol. The molecule has 206 valence electrons. The molecule has 0 spiro atoms. The number of ether oxygens (including phenoxy) is 1. The quantitative estimate of drug-likeness (QED) is 0.412. The van der Waals surface area contributed by atoms with Crippen LogP contribution in [0.25, 0.3) is 0 Å². The number of fused-ring (bicyclic) bond motifs is 1. The second kappa shape index (κ2) is 12.5. The van der Waals surface area contributed by atoms with E-state index in [1.165, 1.54) is 18.9 Å². The van der Waals surface area contributed by atoms with Crippen molar-refractivity contribution >= 4 is 23.6 Å². The number of carbonyl (C=O) groups is 4. The van der Waals surface area contributed by atoms with E-state index in [-0.39, 0.29) is 31.0 Å². The summed E-state index contributed by atoms with van der Waals surface area (Å²) in [5.41, 5.74) is 3.05. The zero-order valence-corrected chi connectivity index (χ0v) is 22.4. The number of aromatic nitrogens is 2. The molecular formula is C26H36N6O6. The fourth-order valence-electron chi connectivity index (χ4n) is 4.29. The van der Waals surface area contributed by atoms with Crippen LogP contribution in [0.5, 0.6) is 5.75 Å². The molecule has 0 saturated heterocycles. The van der Waals surface area contributed by atoms with Gasteiger partial charge in [-0.15, -0.1) is 0 Å². The number of hydrogen-bond acceptors (Lipinski definition) is 7. The minimum Gasteiger partial charge on any atom is -0.491 e. The number of carbonyl (C=O) groups excluding carboxylic acids is 4. The van der Waals surface area contributed by atoms with Gasteiger partial charge in [0.15, 0.2) is 0 Å².